The van der Waals surface area contributed by atoms with Crippen molar-refractivity contribution in [1.82, 2.24) is 9.88 Å². The Bertz CT molecular complexity index is 706. The summed E-state index contributed by atoms with van der Waals surface area (Å²) in [5.41, 5.74) is 1.33. The van der Waals surface area contributed by atoms with Gasteiger partial charge in [0.15, 0.2) is 5.82 Å². The second-order valence-corrected chi connectivity index (χ2v) is 5.91. The van der Waals surface area contributed by atoms with E-state index in [2.05, 4.69) is 9.88 Å². The predicted octanol–water partition coefficient (Wildman–Crippen LogP) is 2.96. The summed E-state index contributed by atoms with van der Waals surface area (Å²) < 4.78 is 19.3. The molecule has 1 aromatic heterocycles. The molecule has 0 bridgehead atoms. The summed E-state index contributed by atoms with van der Waals surface area (Å²) in [6.45, 7) is 2.34. The van der Waals surface area contributed by atoms with Crippen LogP contribution in [-0.4, -0.2) is 40.2 Å². The van der Waals surface area contributed by atoms with Crippen LogP contribution in [0.15, 0.2) is 42.6 Å². The van der Waals surface area contributed by atoms with E-state index in [4.69, 9.17) is 9.84 Å². The molecular formula is C18H19FN2O3. The fourth-order valence-electron chi connectivity index (χ4n) is 2.88. The quantitative estimate of drug-likeness (QED) is 0.913. The SMILES string of the molecule is O=C(O)c1ccc(CN2CCCC(Oc3ncccc3F)C2)cc1. The first-order valence-corrected chi connectivity index (χ1v) is 7.93. The van der Waals surface area contributed by atoms with Gasteiger partial charge in [-0.2, -0.15) is 0 Å². The fourth-order valence-corrected chi connectivity index (χ4v) is 2.88. The second-order valence-electron chi connectivity index (χ2n) is 5.91. The summed E-state index contributed by atoms with van der Waals surface area (Å²) in [5.74, 6) is -1.32. The Morgan fingerprint density at radius 2 is 2.12 bits per heavy atom. The van der Waals surface area contributed by atoms with Crippen molar-refractivity contribution < 1.29 is 19.0 Å². The number of aromatic carboxylic acids is 1. The van der Waals surface area contributed by atoms with Gasteiger partial charge in [-0.1, -0.05) is 12.1 Å². The van der Waals surface area contributed by atoms with E-state index in [9.17, 15) is 9.18 Å². The molecule has 1 N–H and O–H groups in total. The lowest BCUT2D eigenvalue weighted by Gasteiger charge is -2.32. The third-order valence-electron chi connectivity index (χ3n) is 4.07. The maximum absolute atomic E-state index is 13.6. The van der Waals surface area contributed by atoms with Crippen molar-refractivity contribution in [2.24, 2.45) is 0 Å². The Kier molecular flexibility index (Phi) is 5.05. The minimum atomic E-state index is -0.926. The highest BCUT2D eigenvalue weighted by Crippen LogP contribution is 2.20. The minimum absolute atomic E-state index is 0.0511. The Balaban J connectivity index is 1.59. The van der Waals surface area contributed by atoms with Crippen LogP contribution in [0.4, 0.5) is 4.39 Å². The number of aromatic nitrogens is 1. The molecule has 0 spiro atoms. The smallest absolute Gasteiger partial charge is 0.335 e. The molecule has 1 aliphatic heterocycles. The summed E-state index contributed by atoms with van der Waals surface area (Å²) in [6, 6.07) is 9.75. The van der Waals surface area contributed by atoms with Gasteiger partial charge >= 0.3 is 5.97 Å². The standard InChI is InChI=1S/C18H19FN2O3/c19-16-4-1-9-20-17(16)24-15-3-2-10-21(12-15)11-13-5-7-14(8-6-13)18(22)23/h1,4-9,15H,2-3,10-12H2,(H,22,23). The number of carboxylic acids is 1. The molecule has 0 radical (unpaired) electrons. The Morgan fingerprint density at radius 1 is 1.33 bits per heavy atom. The number of piperidine rings is 1. The van der Waals surface area contributed by atoms with Gasteiger partial charge in [0.05, 0.1) is 5.56 Å². The largest absolute Gasteiger partial charge is 0.478 e. The molecule has 0 amide bonds. The molecule has 1 fully saturated rings. The van der Waals surface area contributed by atoms with Crippen molar-refractivity contribution in [1.29, 1.82) is 0 Å². The number of hydrogen-bond acceptors (Lipinski definition) is 4. The topological polar surface area (TPSA) is 62.7 Å². The summed E-state index contributed by atoms with van der Waals surface area (Å²) in [7, 11) is 0. The van der Waals surface area contributed by atoms with Gasteiger partial charge in [-0.25, -0.2) is 14.2 Å². The maximum atomic E-state index is 13.6. The predicted molar refractivity (Wildman–Crippen MR) is 86.5 cm³/mol. The number of ether oxygens (including phenoxy) is 1. The number of nitrogens with zero attached hydrogens (tertiary/aromatic N) is 2. The van der Waals surface area contributed by atoms with Crippen LogP contribution in [0, 0.1) is 5.82 Å². The summed E-state index contributed by atoms with van der Waals surface area (Å²) in [6.07, 6.45) is 3.25. The van der Waals surface area contributed by atoms with Crippen LogP contribution >= 0.6 is 0 Å². The maximum Gasteiger partial charge on any atom is 0.335 e. The molecule has 0 aliphatic carbocycles. The molecule has 3 rings (SSSR count). The molecule has 2 aromatic rings. The first-order chi connectivity index (χ1) is 11.6. The Labute approximate surface area is 139 Å². The molecule has 6 heteroatoms. The van der Waals surface area contributed by atoms with Crippen LogP contribution in [0.3, 0.4) is 0 Å². The fraction of sp³-hybridized carbons (Fsp3) is 0.333. The van der Waals surface area contributed by atoms with Gasteiger partial charge in [0.1, 0.15) is 6.10 Å². The van der Waals surface area contributed by atoms with Gasteiger partial charge in [0.2, 0.25) is 0 Å². The number of halogens is 1. The van der Waals surface area contributed by atoms with E-state index in [0.717, 1.165) is 24.9 Å². The molecule has 5 nitrogen and oxygen atoms in total. The van der Waals surface area contributed by atoms with Crippen LogP contribution in [0.25, 0.3) is 0 Å². The van der Waals surface area contributed by atoms with E-state index in [1.165, 1.54) is 18.3 Å². The summed E-state index contributed by atoms with van der Waals surface area (Å²) in [4.78, 5) is 17.0. The lowest BCUT2D eigenvalue weighted by atomic mass is 10.1. The molecule has 1 aromatic carbocycles. The summed E-state index contributed by atoms with van der Waals surface area (Å²) >= 11 is 0. The van der Waals surface area contributed by atoms with E-state index in [1.807, 2.05) is 12.1 Å². The molecule has 1 saturated heterocycles. The van der Waals surface area contributed by atoms with Crippen molar-refractivity contribution >= 4 is 5.97 Å². The average Bonchev–Trinajstić information content (AvgIpc) is 2.58. The Morgan fingerprint density at radius 3 is 2.83 bits per heavy atom. The number of benzene rings is 1. The first kappa shape index (κ1) is 16.4. The van der Waals surface area contributed by atoms with E-state index in [0.29, 0.717) is 13.1 Å². The number of rotatable bonds is 5. The molecular weight excluding hydrogens is 311 g/mol. The van der Waals surface area contributed by atoms with Gasteiger partial charge in [-0.05, 0) is 49.2 Å². The number of hydrogen-bond donors (Lipinski definition) is 1. The van der Waals surface area contributed by atoms with Gasteiger partial charge in [-0.3, -0.25) is 4.90 Å². The second kappa shape index (κ2) is 7.40. The third-order valence-corrected chi connectivity index (χ3v) is 4.07. The zero-order valence-electron chi connectivity index (χ0n) is 13.2. The summed E-state index contributed by atoms with van der Waals surface area (Å²) in [5, 5.41) is 8.93. The number of carbonyl (C=O) groups is 1. The van der Waals surface area contributed by atoms with Gasteiger partial charge < -0.3 is 9.84 Å². The molecule has 0 saturated carbocycles. The number of pyridine rings is 1. The molecule has 2 heterocycles. The van der Waals surface area contributed by atoms with Crippen LogP contribution < -0.4 is 4.74 Å². The highest BCUT2D eigenvalue weighted by atomic mass is 19.1. The van der Waals surface area contributed by atoms with Crippen LogP contribution in [0.1, 0.15) is 28.8 Å². The highest BCUT2D eigenvalue weighted by Gasteiger charge is 2.22. The molecule has 126 valence electrons. The zero-order chi connectivity index (χ0) is 16.9. The van der Waals surface area contributed by atoms with E-state index in [1.54, 1.807) is 12.1 Å². The van der Waals surface area contributed by atoms with Crippen LogP contribution in [-0.2, 0) is 6.54 Å². The van der Waals surface area contributed by atoms with Crippen molar-refractivity contribution in [3.63, 3.8) is 0 Å². The van der Waals surface area contributed by atoms with Gasteiger partial charge in [-0.15, -0.1) is 0 Å². The molecule has 1 unspecified atom stereocenters. The lowest BCUT2D eigenvalue weighted by molar-refractivity contribution is 0.0697. The van der Waals surface area contributed by atoms with Crippen molar-refractivity contribution in [3.05, 3.63) is 59.5 Å². The van der Waals surface area contributed by atoms with E-state index >= 15 is 0 Å². The molecule has 1 aliphatic rings. The number of likely N-dealkylation sites (tertiary alicyclic amines) is 1. The van der Waals surface area contributed by atoms with Crippen LogP contribution in [0.2, 0.25) is 0 Å². The van der Waals surface area contributed by atoms with E-state index in [-0.39, 0.29) is 17.5 Å². The normalized spacial score (nSPS) is 18.3. The van der Waals surface area contributed by atoms with Gasteiger partial charge in [0.25, 0.3) is 5.88 Å². The molecule has 24 heavy (non-hydrogen) atoms. The zero-order valence-corrected chi connectivity index (χ0v) is 13.2. The number of carboxylic acid groups (broad SMARTS) is 1. The average molecular weight is 330 g/mol. The highest BCUT2D eigenvalue weighted by molar-refractivity contribution is 5.87. The Hall–Kier alpha value is -2.47. The lowest BCUT2D eigenvalue weighted by Crippen LogP contribution is -2.40. The minimum Gasteiger partial charge on any atom is -0.478 e. The monoisotopic (exact) mass is 330 g/mol. The third kappa shape index (κ3) is 4.08. The molecule has 1 atom stereocenters. The first-order valence-electron chi connectivity index (χ1n) is 7.93. The van der Waals surface area contributed by atoms with Crippen molar-refractivity contribution in [2.45, 2.75) is 25.5 Å². The van der Waals surface area contributed by atoms with Crippen LogP contribution in [0.5, 0.6) is 5.88 Å². The van der Waals surface area contributed by atoms with Crippen molar-refractivity contribution in [2.75, 3.05) is 13.1 Å². The van der Waals surface area contributed by atoms with E-state index < -0.39 is 11.8 Å². The van der Waals surface area contributed by atoms with Gasteiger partial charge in [0, 0.05) is 19.3 Å². The van der Waals surface area contributed by atoms with Crippen molar-refractivity contribution in [3.8, 4) is 5.88 Å².